The van der Waals surface area contributed by atoms with Gasteiger partial charge in [0.05, 0.1) is 11.4 Å². The first-order valence-electron chi connectivity index (χ1n) is 11.0. The maximum absolute atomic E-state index is 13.7. The molecule has 0 radical (unpaired) electrons. The smallest absolute Gasteiger partial charge is 0.376 e. The molecule has 8 nitrogen and oxygen atoms in total. The predicted molar refractivity (Wildman–Crippen MR) is 135 cm³/mol. The number of ether oxygens (including phenoxy) is 2. The Bertz CT molecular complexity index is 1160. The van der Waals surface area contributed by atoms with Gasteiger partial charge >= 0.3 is 17.7 Å². The van der Waals surface area contributed by atoms with Gasteiger partial charge in [-0.15, -0.1) is 0 Å². The number of hydroxylamine groups is 2. The van der Waals surface area contributed by atoms with Gasteiger partial charge in [-0.1, -0.05) is 96.1 Å². The molecule has 2 aromatic rings. The van der Waals surface area contributed by atoms with Crippen molar-refractivity contribution in [1.82, 2.24) is 9.96 Å². The number of thiocarbonyl (C=S) groups is 1. The number of rotatable bonds is 7. The largest absolute Gasteiger partial charge is 0.448 e. The van der Waals surface area contributed by atoms with E-state index in [1.54, 1.807) is 6.92 Å². The van der Waals surface area contributed by atoms with Gasteiger partial charge < -0.3 is 14.4 Å². The van der Waals surface area contributed by atoms with E-state index in [0.29, 0.717) is 11.1 Å². The van der Waals surface area contributed by atoms with Gasteiger partial charge in [0.25, 0.3) is 5.91 Å². The Balaban J connectivity index is 1.67. The summed E-state index contributed by atoms with van der Waals surface area (Å²) in [6, 6.07) is 17.2. The van der Waals surface area contributed by atoms with Gasteiger partial charge in [-0.3, -0.25) is 14.4 Å². The lowest BCUT2D eigenvalue weighted by atomic mass is 10.0. The third-order valence-electron chi connectivity index (χ3n) is 5.85. The highest BCUT2D eigenvalue weighted by molar-refractivity contribution is 7.80. The normalized spacial score (nSPS) is 22.1. The van der Waals surface area contributed by atoms with Crippen molar-refractivity contribution >= 4 is 58.3 Å². The quantitative estimate of drug-likeness (QED) is 0.285. The van der Waals surface area contributed by atoms with Crippen molar-refractivity contribution < 1.29 is 28.7 Å². The number of hydrogen-bond donors (Lipinski definition) is 0. The molecule has 36 heavy (non-hydrogen) atoms. The second-order valence-corrected chi connectivity index (χ2v) is 9.33. The van der Waals surface area contributed by atoms with Crippen LogP contribution < -0.4 is 0 Å². The standard InChI is InChI=1S/C25H22Cl2N2O6S/c1-16(36)28(20(27)14-26)19-15-33-29(23(19)31)25(13-12-21(30)35-25)24(32)34-22(17-8-4-2-5-9-17)18-10-6-3-7-11-18/h2-11,14,19,22H,12-13,15H2,1H3/t19-,25?/m0/s1. The molecular formula is C25H22Cl2N2O6S. The molecule has 0 N–H and O–H groups in total. The molecule has 2 saturated heterocycles. The van der Waals surface area contributed by atoms with Crippen LogP contribution in [0.4, 0.5) is 0 Å². The van der Waals surface area contributed by atoms with E-state index in [0.717, 1.165) is 10.6 Å². The SMILES string of the molecule is CC(=S)N(C(Cl)=CCl)[C@H]1CON(C2(C(=O)OC(c3ccccc3)c3ccccc3)CCC(=O)O2)C1=O. The number of esters is 2. The third kappa shape index (κ3) is 4.97. The molecule has 2 aromatic carbocycles. The molecule has 0 bridgehead atoms. The number of carbonyl (C=O) groups excluding carboxylic acids is 3. The van der Waals surface area contributed by atoms with Crippen molar-refractivity contribution in [2.45, 2.75) is 37.6 Å². The van der Waals surface area contributed by atoms with Crippen LogP contribution >= 0.6 is 35.4 Å². The molecule has 4 rings (SSSR count). The Morgan fingerprint density at radius 2 is 1.75 bits per heavy atom. The molecule has 1 unspecified atom stereocenters. The number of halogens is 2. The van der Waals surface area contributed by atoms with E-state index in [1.807, 2.05) is 60.7 Å². The van der Waals surface area contributed by atoms with E-state index in [4.69, 9.17) is 49.7 Å². The highest BCUT2D eigenvalue weighted by Gasteiger charge is 2.61. The maximum atomic E-state index is 13.7. The number of carbonyl (C=O) groups is 3. The second kappa shape index (κ2) is 11.0. The average Bonchev–Trinajstić information content (AvgIpc) is 3.46. The fraction of sp³-hybridized carbons (Fsp3) is 0.280. The number of cyclic esters (lactones) is 1. The number of amides is 1. The van der Waals surface area contributed by atoms with Crippen molar-refractivity contribution in [3.8, 4) is 0 Å². The van der Waals surface area contributed by atoms with Crippen LogP contribution in [0.2, 0.25) is 0 Å². The summed E-state index contributed by atoms with van der Waals surface area (Å²) in [7, 11) is 0. The highest BCUT2D eigenvalue weighted by atomic mass is 35.5. The summed E-state index contributed by atoms with van der Waals surface area (Å²) >= 11 is 17.1. The summed E-state index contributed by atoms with van der Waals surface area (Å²) in [5.41, 5.74) is 0.356. The molecule has 2 aliphatic rings. The van der Waals surface area contributed by atoms with Crippen molar-refractivity contribution in [2.24, 2.45) is 0 Å². The van der Waals surface area contributed by atoms with Crippen molar-refractivity contribution in [3.05, 3.63) is 82.5 Å². The zero-order valence-electron chi connectivity index (χ0n) is 19.1. The van der Waals surface area contributed by atoms with Crippen LogP contribution in [0, 0.1) is 0 Å². The number of hydrogen-bond acceptors (Lipinski definition) is 7. The Kier molecular flexibility index (Phi) is 7.94. The van der Waals surface area contributed by atoms with Gasteiger partial charge in [-0.25, -0.2) is 4.79 Å². The molecule has 0 saturated carbocycles. The molecule has 2 aliphatic heterocycles. The van der Waals surface area contributed by atoms with Gasteiger partial charge in [0, 0.05) is 12.0 Å². The van der Waals surface area contributed by atoms with E-state index in [1.165, 1.54) is 4.90 Å². The van der Waals surface area contributed by atoms with Crippen LogP contribution in [0.1, 0.15) is 37.0 Å². The summed E-state index contributed by atoms with van der Waals surface area (Å²) in [6.07, 6.45) is -1.07. The topological polar surface area (TPSA) is 85.4 Å². The minimum absolute atomic E-state index is 0.00114. The Morgan fingerprint density at radius 1 is 1.17 bits per heavy atom. The molecule has 0 aliphatic carbocycles. The summed E-state index contributed by atoms with van der Waals surface area (Å²) in [4.78, 5) is 46.6. The zero-order valence-corrected chi connectivity index (χ0v) is 21.5. The fourth-order valence-electron chi connectivity index (χ4n) is 4.17. The molecule has 2 atom stereocenters. The third-order valence-corrected chi connectivity index (χ3v) is 6.65. The Morgan fingerprint density at radius 3 is 2.22 bits per heavy atom. The summed E-state index contributed by atoms with van der Waals surface area (Å²) < 4.78 is 11.4. The van der Waals surface area contributed by atoms with Crippen LogP contribution in [0.5, 0.6) is 0 Å². The van der Waals surface area contributed by atoms with Crippen LogP contribution in [-0.4, -0.2) is 51.2 Å². The number of benzene rings is 2. The summed E-state index contributed by atoms with van der Waals surface area (Å²) in [5, 5.41) is 0.767. The lowest BCUT2D eigenvalue weighted by molar-refractivity contribution is -0.260. The van der Waals surface area contributed by atoms with E-state index in [2.05, 4.69) is 0 Å². The second-order valence-electron chi connectivity index (χ2n) is 8.13. The Labute approximate surface area is 223 Å². The van der Waals surface area contributed by atoms with Crippen LogP contribution in [0.3, 0.4) is 0 Å². The van der Waals surface area contributed by atoms with Crippen LogP contribution in [0.15, 0.2) is 71.4 Å². The first kappa shape index (κ1) is 26.1. The minimum atomic E-state index is -2.11. The summed E-state index contributed by atoms with van der Waals surface area (Å²) in [6.45, 7) is 1.36. The minimum Gasteiger partial charge on any atom is -0.448 e. The molecule has 2 fully saturated rings. The monoisotopic (exact) mass is 548 g/mol. The predicted octanol–water partition coefficient (Wildman–Crippen LogP) is 4.42. The van der Waals surface area contributed by atoms with Gasteiger partial charge in [0.15, 0.2) is 6.10 Å². The zero-order chi connectivity index (χ0) is 25.9. The first-order valence-corrected chi connectivity index (χ1v) is 12.3. The molecule has 0 aromatic heterocycles. The first-order chi connectivity index (χ1) is 17.3. The molecule has 1 amide bonds. The van der Waals surface area contributed by atoms with Crippen LogP contribution in [0.25, 0.3) is 0 Å². The van der Waals surface area contributed by atoms with Crippen molar-refractivity contribution in [1.29, 1.82) is 0 Å². The van der Waals surface area contributed by atoms with E-state index in [9.17, 15) is 14.4 Å². The molecule has 11 heteroatoms. The Hall–Kier alpha value is -2.98. The molecule has 0 spiro atoms. The molecule has 188 valence electrons. The van der Waals surface area contributed by atoms with Gasteiger partial charge in [-0.05, 0) is 18.1 Å². The van der Waals surface area contributed by atoms with Gasteiger partial charge in [-0.2, -0.15) is 5.06 Å². The average molecular weight is 549 g/mol. The van der Waals surface area contributed by atoms with Crippen molar-refractivity contribution in [3.63, 3.8) is 0 Å². The van der Waals surface area contributed by atoms with Gasteiger partial charge in [0.1, 0.15) is 17.8 Å². The fourth-order valence-corrected chi connectivity index (χ4v) is 4.79. The summed E-state index contributed by atoms with van der Waals surface area (Å²) in [5.74, 6) is -2.28. The highest BCUT2D eigenvalue weighted by Crippen LogP contribution is 2.39. The molecular weight excluding hydrogens is 527 g/mol. The lowest BCUT2D eigenvalue weighted by Crippen LogP contribution is -2.57. The number of nitrogens with zero attached hydrogens (tertiary/aromatic N) is 2. The maximum Gasteiger partial charge on any atom is 0.376 e. The van der Waals surface area contributed by atoms with Crippen LogP contribution in [-0.2, 0) is 28.7 Å². The molecule has 2 heterocycles. The van der Waals surface area contributed by atoms with Crippen molar-refractivity contribution in [2.75, 3.05) is 6.61 Å². The van der Waals surface area contributed by atoms with E-state index in [-0.39, 0.29) is 29.6 Å². The van der Waals surface area contributed by atoms with E-state index >= 15 is 0 Å². The lowest BCUT2D eigenvalue weighted by Gasteiger charge is -2.34. The van der Waals surface area contributed by atoms with E-state index < -0.39 is 35.7 Å². The van der Waals surface area contributed by atoms with Gasteiger partial charge in [0.2, 0.25) is 0 Å².